The maximum atomic E-state index is 12.4. The highest BCUT2D eigenvalue weighted by atomic mass is 32.2. The average molecular weight is 322 g/mol. The molecule has 1 fully saturated rings. The minimum Gasteiger partial charge on any atom is -0.312 e. The van der Waals surface area contributed by atoms with Gasteiger partial charge in [-0.05, 0) is 43.4 Å². The number of nitrogens with zero attached hydrogens (tertiary/aromatic N) is 1. The van der Waals surface area contributed by atoms with Crippen molar-refractivity contribution in [2.45, 2.75) is 44.8 Å². The molecule has 2 aliphatic rings. The smallest absolute Gasteiger partial charge is 0.235 e. The van der Waals surface area contributed by atoms with Gasteiger partial charge in [0, 0.05) is 18.2 Å². The van der Waals surface area contributed by atoms with E-state index < -0.39 is 10.0 Å². The quantitative estimate of drug-likeness (QED) is 0.926. The summed E-state index contributed by atoms with van der Waals surface area (Å²) in [6, 6.07) is 5.52. The van der Waals surface area contributed by atoms with Gasteiger partial charge in [0.1, 0.15) is 0 Å². The zero-order valence-electron chi connectivity index (χ0n) is 13.0. The second-order valence-electron chi connectivity index (χ2n) is 6.44. The summed E-state index contributed by atoms with van der Waals surface area (Å²) >= 11 is 0. The van der Waals surface area contributed by atoms with Crippen LogP contribution in [-0.2, 0) is 21.2 Å². The van der Waals surface area contributed by atoms with Crippen molar-refractivity contribution in [3.8, 4) is 0 Å². The topological polar surface area (TPSA) is 66.5 Å². The third-order valence-corrected chi connectivity index (χ3v) is 6.06. The van der Waals surface area contributed by atoms with E-state index in [1.807, 2.05) is 19.9 Å². The van der Waals surface area contributed by atoms with Crippen molar-refractivity contribution in [1.82, 2.24) is 0 Å². The summed E-state index contributed by atoms with van der Waals surface area (Å²) in [6.45, 7) is 4.47. The van der Waals surface area contributed by atoms with E-state index in [1.165, 1.54) is 0 Å². The van der Waals surface area contributed by atoms with Crippen LogP contribution < -0.4 is 9.62 Å². The van der Waals surface area contributed by atoms with Crippen LogP contribution >= 0.6 is 0 Å². The number of benzene rings is 1. The summed E-state index contributed by atoms with van der Waals surface area (Å²) < 4.78 is 26.8. The van der Waals surface area contributed by atoms with E-state index in [-0.39, 0.29) is 17.1 Å². The van der Waals surface area contributed by atoms with Gasteiger partial charge in [-0.15, -0.1) is 0 Å². The van der Waals surface area contributed by atoms with Crippen molar-refractivity contribution in [2.24, 2.45) is 5.92 Å². The molecule has 1 N–H and O–H groups in total. The molecule has 0 bridgehead atoms. The fraction of sp³-hybridized carbons (Fsp3) is 0.562. The molecular formula is C16H22N2O3S. The van der Waals surface area contributed by atoms with E-state index in [1.54, 1.807) is 17.0 Å². The normalized spacial score (nSPS) is 18.2. The highest BCUT2D eigenvalue weighted by Gasteiger charge is 2.36. The number of nitrogens with one attached hydrogen (secondary N) is 1. The molecule has 0 unspecified atom stereocenters. The number of carbonyl (C=O) groups excluding carboxylic acids is 1. The molecule has 0 atom stereocenters. The third-order valence-electron chi connectivity index (χ3n) is 4.19. The lowest BCUT2D eigenvalue weighted by Gasteiger charge is -2.31. The van der Waals surface area contributed by atoms with Crippen LogP contribution in [0.2, 0.25) is 0 Å². The zero-order valence-corrected chi connectivity index (χ0v) is 13.8. The maximum Gasteiger partial charge on any atom is 0.235 e. The Morgan fingerprint density at radius 3 is 2.68 bits per heavy atom. The third kappa shape index (κ3) is 2.97. The monoisotopic (exact) mass is 322 g/mol. The van der Waals surface area contributed by atoms with Gasteiger partial charge in [-0.2, -0.15) is 0 Å². The first-order valence-electron chi connectivity index (χ1n) is 7.84. The van der Waals surface area contributed by atoms with Crippen molar-refractivity contribution in [3.05, 3.63) is 23.8 Å². The summed E-state index contributed by atoms with van der Waals surface area (Å²) in [7, 11) is -3.27. The van der Waals surface area contributed by atoms with Gasteiger partial charge in [-0.1, -0.05) is 19.9 Å². The zero-order chi connectivity index (χ0) is 15.9. The van der Waals surface area contributed by atoms with Gasteiger partial charge < -0.3 is 4.90 Å². The molecule has 3 rings (SSSR count). The van der Waals surface area contributed by atoms with E-state index in [9.17, 15) is 13.2 Å². The van der Waals surface area contributed by atoms with Crippen LogP contribution in [0.4, 0.5) is 11.4 Å². The predicted octanol–water partition coefficient (Wildman–Crippen LogP) is 2.53. The Balaban J connectivity index is 1.90. The number of anilines is 2. The van der Waals surface area contributed by atoms with E-state index in [4.69, 9.17) is 0 Å². The van der Waals surface area contributed by atoms with Crippen LogP contribution in [0.1, 0.15) is 38.7 Å². The van der Waals surface area contributed by atoms with Crippen LogP contribution in [0.3, 0.4) is 0 Å². The van der Waals surface area contributed by atoms with E-state index in [2.05, 4.69) is 4.72 Å². The highest BCUT2D eigenvalue weighted by Crippen LogP contribution is 2.34. The average Bonchev–Trinajstić information content (AvgIpc) is 3.30. The Morgan fingerprint density at radius 2 is 2.05 bits per heavy atom. The van der Waals surface area contributed by atoms with Crippen molar-refractivity contribution in [2.75, 3.05) is 16.2 Å². The summed E-state index contributed by atoms with van der Waals surface area (Å²) in [5.41, 5.74) is 2.50. The first-order chi connectivity index (χ1) is 10.4. The van der Waals surface area contributed by atoms with Gasteiger partial charge in [0.2, 0.25) is 15.9 Å². The van der Waals surface area contributed by atoms with Gasteiger partial charge in [-0.3, -0.25) is 9.52 Å². The second-order valence-corrected chi connectivity index (χ2v) is 8.40. The minimum absolute atomic E-state index is 0.0715. The molecule has 1 heterocycles. The SMILES string of the molecule is CC(C)C(=O)N1CCCc2ccc(NS(=O)(=O)C3CC3)cc21. The molecule has 22 heavy (non-hydrogen) atoms. The molecule has 1 aromatic rings. The molecule has 120 valence electrons. The van der Waals surface area contributed by atoms with Crippen molar-refractivity contribution >= 4 is 27.3 Å². The van der Waals surface area contributed by atoms with Gasteiger partial charge in [0.25, 0.3) is 0 Å². The summed E-state index contributed by atoms with van der Waals surface area (Å²) in [5.74, 6) is 0.0147. The Bertz CT molecular complexity index is 693. The molecule has 6 heteroatoms. The Kier molecular flexibility index (Phi) is 3.89. The van der Waals surface area contributed by atoms with Crippen LogP contribution in [0, 0.1) is 5.92 Å². The number of rotatable bonds is 4. The van der Waals surface area contributed by atoms with Gasteiger partial charge in [0.05, 0.1) is 10.9 Å². The fourth-order valence-corrected chi connectivity index (χ4v) is 4.18. The van der Waals surface area contributed by atoms with Gasteiger partial charge in [0.15, 0.2) is 0 Å². The van der Waals surface area contributed by atoms with Crippen LogP contribution in [0.5, 0.6) is 0 Å². The lowest BCUT2D eigenvalue weighted by Crippen LogP contribution is -2.38. The number of amides is 1. The number of fused-ring (bicyclic) bond motifs is 1. The number of hydrogen-bond acceptors (Lipinski definition) is 3. The lowest BCUT2D eigenvalue weighted by atomic mass is 9.99. The highest BCUT2D eigenvalue weighted by molar-refractivity contribution is 7.93. The van der Waals surface area contributed by atoms with E-state index in [0.717, 1.165) is 36.9 Å². The first-order valence-corrected chi connectivity index (χ1v) is 9.39. The lowest BCUT2D eigenvalue weighted by molar-refractivity contribution is -0.121. The largest absolute Gasteiger partial charge is 0.312 e. The molecule has 1 amide bonds. The maximum absolute atomic E-state index is 12.4. The summed E-state index contributed by atoms with van der Waals surface area (Å²) in [5, 5.41) is -0.253. The fourth-order valence-electron chi connectivity index (χ4n) is 2.80. The van der Waals surface area contributed by atoms with E-state index >= 15 is 0 Å². The minimum atomic E-state index is -3.27. The molecule has 0 spiro atoms. The molecule has 1 aliphatic heterocycles. The summed E-state index contributed by atoms with van der Waals surface area (Å²) in [4.78, 5) is 14.2. The second kappa shape index (κ2) is 5.57. The van der Waals surface area contributed by atoms with Crippen LogP contribution in [0.25, 0.3) is 0 Å². The first kappa shape index (κ1) is 15.3. The Morgan fingerprint density at radius 1 is 1.32 bits per heavy atom. The molecular weight excluding hydrogens is 300 g/mol. The summed E-state index contributed by atoms with van der Waals surface area (Å²) in [6.07, 6.45) is 3.34. The Hall–Kier alpha value is -1.56. The Labute approximate surface area is 131 Å². The van der Waals surface area contributed by atoms with Crippen LogP contribution in [-0.4, -0.2) is 26.1 Å². The van der Waals surface area contributed by atoms with Gasteiger partial charge in [-0.25, -0.2) is 8.42 Å². The van der Waals surface area contributed by atoms with Crippen molar-refractivity contribution < 1.29 is 13.2 Å². The molecule has 0 saturated heterocycles. The van der Waals surface area contributed by atoms with Gasteiger partial charge >= 0.3 is 0 Å². The molecule has 0 radical (unpaired) electrons. The molecule has 1 aliphatic carbocycles. The molecule has 1 saturated carbocycles. The van der Waals surface area contributed by atoms with Crippen molar-refractivity contribution in [3.63, 3.8) is 0 Å². The predicted molar refractivity (Wildman–Crippen MR) is 87.5 cm³/mol. The van der Waals surface area contributed by atoms with Crippen LogP contribution in [0.15, 0.2) is 18.2 Å². The number of hydrogen-bond donors (Lipinski definition) is 1. The molecule has 0 aromatic heterocycles. The molecule has 5 nitrogen and oxygen atoms in total. The standard InChI is InChI=1S/C16H22N2O3S/c1-11(2)16(19)18-9-3-4-12-5-6-13(10-15(12)18)17-22(20,21)14-7-8-14/h5-6,10-11,14,17H,3-4,7-9H2,1-2H3. The van der Waals surface area contributed by atoms with E-state index in [0.29, 0.717) is 12.2 Å². The number of carbonyl (C=O) groups is 1. The number of aryl methyl sites for hydroxylation is 1. The van der Waals surface area contributed by atoms with Crippen molar-refractivity contribution in [1.29, 1.82) is 0 Å². The number of sulfonamides is 1. The molecule has 1 aromatic carbocycles.